The molecule has 5 heteroatoms. The predicted octanol–water partition coefficient (Wildman–Crippen LogP) is 3.91. The highest BCUT2D eigenvalue weighted by molar-refractivity contribution is 9.10. The van der Waals surface area contributed by atoms with Crippen LogP contribution in [0, 0.1) is 5.82 Å². The highest BCUT2D eigenvalue weighted by atomic mass is 79.9. The second-order valence-electron chi connectivity index (χ2n) is 3.95. The minimum absolute atomic E-state index is 0.151. The van der Waals surface area contributed by atoms with Gasteiger partial charge in [0, 0.05) is 18.2 Å². The first-order valence-electron chi connectivity index (χ1n) is 5.65. The normalized spacial score (nSPS) is 10.3. The summed E-state index contributed by atoms with van der Waals surface area (Å²) in [6, 6.07) is 9.78. The molecule has 0 aromatic heterocycles. The van der Waals surface area contributed by atoms with Crippen LogP contribution < -0.4 is 10.1 Å². The van der Waals surface area contributed by atoms with Gasteiger partial charge in [0.15, 0.2) is 0 Å². The summed E-state index contributed by atoms with van der Waals surface area (Å²) < 4.78 is 19.2. The Balaban J connectivity index is 2.16. The fourth-order valence-corrected chi connectivity index (χ4v) is 2.07. The number of ether oxygens (including phenoxy) is 1. The van der Waals surface area contributed by atoms with E-state index in [9.17, 15) is 9.50 Å². The third-order valence-corrected chi connectivity index (χ3v) is 3.35. The zero-order chi connectivity index (χ0) is 13.8. The molecular formula is C14H13BrFNO2. The Bertz CT molecular complexity index is 590. The van der Waals surface area contributed by atoms with Crippen LogP contribution >= 0.6 is 15.9 Å². The Labute approximate surface area is 119 Å². The fourth-order valence-electron chi connectivity index (χ4n) is 1.66. The van der Waals surface area contributed by atoms with Crippen LogP contribution in [0.2, 0.25) is 0 Å². The quantitative estimate of drug-likeness (QED) is 0.895. The Kier molecular flexibility index (Phi) is 4.27. The molecule has 0 aliphatic rings. The van der Waals surface area contributed by atoms with Crippen molar-refractivity contribution in [2.75, 3.05) is 12.4 Å². The molecule has 2 rings (SSSR count). The highest BCUT2D eigenvalue weighted by Crippen LogP contribution is 2.28. The van der Waals surface area contributed by atoms with Crippen molar-refractivity contribution in [2.24, 2.45) is 0 Å². The zero-order valence-electron chi connectivity index (χ0n) is 10.3. The maximum absolute atomic E-state index is 13.6. The van der Waals surface area contributed by atoms with Crippen molar-refractivity contribution in [1.29, 1.82) is 0 Å². The molecule has 19 heavy (non-hydrogen) atoms. The highest BCUT2D eigenvalue weighted by Gasteiger charge is 2.07. The number of hydrogen-bond donors (Lipinski definition) is 2. The Hall–Kier alpha value is -1.75. The van der Waals surface area contributed by atoms with Crippen molar-refractivity contribution in [3.05, 3.63) is 52.3 Å². The summed E-state index contributed by atoms with van der Waals surface area (Å²) in [6.45, 7) is 0.315. The van der Waals surface area contributed by atoms with Crippen LogP contribution in [0.15, 0.2) is 40.9 Å². The van der Waals surface area contributed by atoms with Gasteiger partial charge in [-0.15, -0.1) is 0 Å². The second-order valence-corrected chi connectivity index (χ2v) is 4.80. The van der Waals surface area contributed by atoms with Crippen LogP contribution in [-0.2, 0) is 6.54 Å². The van der Waals surface area contributed by atoms with E-state index in [1.54, 1.807) is 24.3 Å². The lowest BCUT2D eigenvalue weighted by Crippen LogP contribution is -2.02. The SMILES string of the molecule is COc1ccc(F)c(NCc2cccc(Br)c2O)c1. The third kappa shape index (κ3) is 3.17. The summed E-state index contributed by atoms with van der Waals surface area (Å²) in [4.78, 5) is 0. The number of para-hydroxylation sites is 1. The molecule has 0 saturated heterocycles. The first-order valence-corrected chi connectivity index (χ1v) is 6.45. The zero-order valence-corrected chi connectivity index (χ0v) is 11.9. The maximum Gasteiger partial charge on any atom is 0.146 e. The summed E-state index contributed by atoms with van der Waals surface area (Å²) >= 11 is 3.24. The number of aromatic hydroxyl groups is 1. The lowest BCUT2D eigenvalue weighted by molar-refractivity contribution is 0.414. The standard InChI is InChI=1S/C14H13BrFNO2/c1-19-10-5-6-12(16)13(7-10)17-8-9-3-2-4-11(15)14(9)18/h2-7,17-18H,8H2,1H3. The number of halogens is 2. The lowest BCUT2D eigenvalue weighted by atomic mass is 10.2. The maximum atomic E-state index is 13.6. The van der Waals surface area contributed by atoms with Crippen molar-refractivity contribution >= 4 is 21.6 Å². The van der Waals surface area contributed by atoms with Gasteiger partial charge in [-0.2, -0.15) is 0 Å². The first kappa shape index (κ1) is 13.7. The van der Waals surface area contributed by atoms with Gasteiger partial charge < -0.3 is 15.2 Å². The molecule has 0 atom stereocenters. The summed E-state index contributed by atoms with van der Waals surface area (Å²) in [7, 11) is 1.52. The van der Waals surface area contributed by atoms with Crippen LogP contribution in [0.4, 0.5) is 10.1 Å². The molecule has 0 aliphatic carbocycles. The van der Waals surface area contributed by atoms with Gasteiger partial charge in [-0.05, 0) is 34.1 Å². The van der Waals surface area contributed by atoms with Crippen molar-refractivity contribution in [3.8, 4) is 11.5 Å². The molecule has 0 unspecified atom stereocenters. The van der Waals surface area contributed by atoms with Gasteiger partial charge in [-0.1, -0.05) is 12.1 Å². The van der Waals surface area contributed by atoms with Crippen molar-refractivity contribution in [3.63, 3.8) is 0 Å². The number of benzene rings is 2. The molecule has 0 bridgehead atoms. The molecule has 2 aromatic carbocycles. The van der Waals surface area contributed by atoms with E-state index in [2.05, 4.69) is 21.2 Å². The third-order valence-electron chi connectivity index (χ3n) is 2.71. The summed E-state index contributed by atoms with van der Waals surface area (Å²) in [5.41, 5.74) is 1.01. The van der Waals surface area contributed by atoms with Crippen LogP contribution in [0.25, 0.3) is 0 Å². The molecule has 0 radical (unpaired) electrons. The average molecular weight is 326 g/mol. The van der Waals surface area contributed by atoms with E-state index >= 15 is 0 Å². The predicted molar refractivity (Wildman–Crippen MR) is 76.1 cm³/mol. The van der Waals surface area contributed by atoms with Gasteiger partial charge in [0.2, 0.25) is 0 Å². The monoisotopic (exact) mass is 325 g/mol. The molecule has 0 spiro atoms. The molecule has 0 amide bonds. The topological polar surface area (TPSA) is 41.5 Å². The number of rotatable bonds is 4. The Morgan fingerprint density at radius 1 is 1.32 bits per heavy atom. The van der Waals surface area contributed by atoms with Gasteiger partial charge in [-0.25, -0.2) is 4.39 Å². The van der Waals surface area contributed by atoms with E-state index in [4.69, 9.17) is 4.74 Å². The molecule has 100 valence electrons. The first-order chi connectivity index (χ1) is 9.11. The number of anilines is 1. The molecule has 3 nitrogen and oxygen atoms in total. The van der Waals surface area contributed by atoms with Gasteiger partial charge >= 0.3 is 0 Å². The number of nitrogens with one attached hydrogen (secondary N) is 1. The minimum Gasteiger partial charge on any atom is -0.506 e. The largest absolute Gasteiger partial charge is 0.506 e. The van der Waals surface area contributed by atoms with Crippen LogP contribution in [-0.4, -0.2) is 12.2 Å². The smallest absolute Gasteiger partial charge is 0.146 e. The van der Waals surface area contributed by atoms with Crippen LogP contribution in [0.3, 0.4) is 0 Å². The van der Waals surface area contributed by atoms with E-state index in [-0.39, 0.29) is 11.6 Å². The number of phenolic OH excluding ortho intramolecular Hbond substituents is 1. The van der Waals surface area contributed by atoms with Gasteiger partial charge in [-0.3, -0.25) is 0 Å². The number of phenols is 1. The number of hydrogen-bond acceptors (Lipinski definition) is 3. The van der Waals surface area contributed by atoms with Gasteiger partial charge in [0.1, 0.15) is 17.3 Å². The lowest BCUT2D eigenvalue weighted by Gasteiger charge is -2.11. The van der Waals surface area contributed by atoms with E-state index < -0.39 is 0 Å². The van der Waals surface area contributed by atoms with Crippen molar-refractivity contribution < 1.29 is 14.2 Å². The molecule has 2 N–H and O–H groups in total. The minimum atomic E-state index is -0.365. The molecule has 0 heterocycles. The van der Waals surface area contributed by atoms with Crippen molar-refractivity contribution in [2.45, 2.75) is 6.54 Å². The van der Waals surface area contributed by atoms with E-state index in [1.165, 1.54) is 13.2 Å². The molecular weight excluding hydrogens is 313 g/mol. The van der Waals surface area contributed by atoms with Crippen LogP contribution in [0.1, 0.15) is 5.56 Å². The van der Waals surface area contributed by atoms with E-state index in [0.29, 0.717) is 28.0 Å². The van der Waals surface area contributed by atoms with E-state index in [1.807, 2.05) is 6.07 Å². The molecule has 0 fully saturated rings. The average Bonchev–Trinajstić information content (AvgIpc) is 2.42. The summed E-state index contributed by atoms with van der Waals surface area (Å²) in [6.07, 6.45) is 0. The summed E-state index contributed by atoms with van der Waals surface area (Å²) in [5, 5.41) is 12.8. The fraction of sp³-hybridized carbons (Fsp3) is 0.143. The molecule has 0 saturated carbocycles. The van der Waals surface area contributed by atoms with Crippen molar-refractivity contribution in [1.82, 2.24) is 0 Å². The molecule has 0 aliphatic heterocycles. The number of methoxy groups -OCH3 is 1. The second kappa shape index (κ2) is 5.93. The van der Waals surface area contributed by atoms with E-state index in [0.717, 1.165) is 0 Å². The van der Waals surface area contributed by atoms with Gasteiger partial charge in [0.25, 0.3) is 0 Å². The molecule has 2 aromatic rings. The summed E-state index contributed by atoms with van der Waals surface area (Å²) in [5.74, 6) is 0.357. The van der Waals surface area contributed by atoms with Gasteiger partial charge in [0.05, 0.1) is 17.3 Å². The van der Waals surface area contributed by atoms with Crippen LogP contribution in [0.5, 0.6) is 11.5 Å². The Morgan fingerprint density at radius 2 is 2.11 bits per heavy atom. The Morgan fingerprint density at radius 3 is 2.84 bits per heavy atom.